The van der Waals surface area contributed by atoms with Gasteiger partial charge in [-0.15, -0.1) is 0 Å². The predicted molar refractivity (Wildman–Crippen MR) is 90.3 cm³/mol. The van der Waals surface area contributed by atoms with Crippen molar-refractivity contribution in [3.8, 4) is 5.75 Å². The molecule has 1 aromatic rings. The molecule has 0 radical (unpaired) electrons. The van der Waals surface area contributed by atoms with Crippen LogP contribution in [0.4, 0.5) is 5.69 Å². The molecular weight excluding hydrogens is 338 g/mol. The summed E-state index contributed by atoms with van der Waals surface area (Å²) in [6.07, 6.45) is 1.54. The van der Waals surface area contributed by atoms with E-state index in [0.29, 0.717) is 12.3 Å². The summed E-state index contributed by atoms with van der Waals surface area (Å²) in [5, 5.41) is 2.67. The molecule has 3 aliphatic rings. The second-order valence-electron chi connectivity index (χ2n) is 7.04. The number of rotatable bonds is 6. The SMILES string of the molecule is CCOc1ccc(NC(=O)COC(=O)[C@@H]2[C@H]3C[C@@H]4[C@@H]2C(=O)O[C@@H]4C3)cc1. The summed E-state index contributed by atoms with van der Waals surface area (Å²) in [4.78, 5) is 36.4. The molecule has 1 heterocycles. The lowest BCUT2D eigenvalue weighted by molar-refractivity contribution is -0.157. The van der Waals surface area contributed by atoms with Crippen molar-refractivity contribution in [2.24, 2.45) is 23.7 Å². The Labute approximate surface area is 151 Å². The number of anilines is 1. The maximum Gasteiger partial charge on any atom is 0.310 e. The second-order valence-corrected chi connectivity index (χ2v) is 7.04. The lowest BCUT2D eigenvalue weighted by atomic mass is 9.80. The molecule has 4 rings (SSSR count). The third kappa shape index (κ3) is 2.91. The third-order valence-corrected chi connectivity index (χ3v) is 5.55. The first-order chi connectivity index (χ1) is 12.6. The van der Waals surface area contributed by atoms with Crippen molar-refractivity contribution >= 4 is 23.5 Å². The van der Waals surface area contributed by atoms with Crippen molar-refractivity contribution in [2.45, 2.75) is 25.9 Å². The van der Waals surface area contributed by atoms with Crippen LogP contribution in [0.25, 0.3) is 0 Å². The first-order valence-corrected chi connectivity index (χ1v) is 8.96. The summed E-state index contributed by atoms with van der Waals surface area (Å²) in [6.45, 7) is 2.09. The van der Waals surface area contributed by atoms with Crippen molar-refractivity contribution in [2.75, 3.05) is 18.5 Å². The monoisotopic (exact) mass is 359 g/mol. The van der Waals surface area contributed by atoms with Crippen molar-refractivity contribution in [3.05, 3.63) is 24.3 Å². The summed E-state index contributed by atoms with van der Waals surface area (Å²) in [5.41, 5.74) is 0.594. The molecule has 0 spiro atoms. The summed E-state index contributed by atoms with van der Waals surface area (Å²) in [7, 11) is 0. The Balaban J connectivity index is 1.29. The van der Waals surface area contributed by atoms with Gasteiger partial charge in [0.1, 0.15) is 11.9 Å². The molecule has 2 bridgehead atoms. The molecule has 0 unspecified atom stereocenters. The zero-order valence-electron chi connectivity index (χ0n) is 14.5. The number of carbonyl (C=O) groups is 3. The molecule has 1 aromatic carbocycles. The molecule has 3 fully saturated rings. The van der Waals surface area contributed by atoms with E-state index in [1.54, 1.807) is 24.3 Å². The van der Waals surface area contributed by atoms with Gasteiger partial charge in [-0.05, 0) is 49.9 Å². The summed E-state index contributed by atoms with van der Waals surface area (Å²) >= 11 is 0. The maximum atomic E-state index is 12.4. The van der Waals surface area contributed by atoms with Gasteiger partial charge >= 0.3 is 11.9 Å². The van der Waals surface area contributed by atoms with E-state index >= 15 is 0 Å². The van der Waals surface area contributed by atoms with E-state index in [-0.39, 0.29) is 36.4 Å². The largest absolute Gasteiger partial charge is 0.494 e. The zero-order valence-corrected chi connectivity index (χ0v) is 14.5. The van der Waals surface area contributed by atoms with Crippen LogP contribution in [0.1, 0.15) is 19.8 Å². The molecule has 26 heavy (non-hydrogen) atoms. The third-order valence-electron chi connectivity index (χ3n) is 5.55. The van der Waals surface area contributed by atoms with Gasteiger partial charge in [-0.25, -0.2) is 0 Å². The first-order valence-electron chi connectivity index (χ1n) is 8.96. The standard InChI is InChI=1S/C19H21NO6/c1-2-24-12-5-3-11(4-6-12)20-15(21)9-25-18(22)16-10-7-13-14(8-10)26-19(23)17(13)16/h3-6,10,13-14,16-17H,2,7-9H2,1H3,(H,20,21)/t10-,13-,14+,16+,17-/m0/s1. The van der Waals surface area contributed by atoms with Gasteiger partial charge in [0.25, 0.3) is 5.91 Å². The Bertz CT molecular complexity index is 728. The molecule has 2 aliphatic carbocycles. The number of ether oxygens (including phenoxy) is 3. The highest BCUT2D eigenvalue weighted by Crippen LogP contribution is 2.57. The minimum absolute atomic E-state index is 0.0236. The highest BCUT2D eigenvalue weighted by molar-refractivity contribution is 5.93. The van der Waals surface area contributed by atoms with Crippen LogP contribution in [-0.2, 0) is 23.9 Å². The number of fused-ring (bicyclic) bond motifs is 1. The quantitative estimate of drug-likeness (QED) is 0.779. The predicted octanol–water partition coefficient (Wildman–Crippen LogP) is 1.76. The zero-order chi connectivity index (χ0) is 18.3. The van der Waals surface area contributed by atoms with Gasteiger partial charge in [0.15, 0.2) is 6.61 Å². The van der Waals surface area contributed by atoms with Gasteiger partial charge in [-0.2, -0.15) is 0 Å². The molecule has 5 atom stereocenters. The molecule has 138 valence electrons. The van der Waals surface area contributed by atoms with Crippen LogP contribution < -0.4 is 10.1 Å². The van der Waals surface area contributed by atoms with Crippen LogP contribution >= 0.6 is 0 Å². The van der Waals surface area contributed by atoms with Gasteiger partial charge in [0.05, 0.1) is 18.4 Å². The molecule has 1 N–H and O–H groups in total. The second kappa shape index (κ2) is 6.63. The van der Waals surface area contributed by atoms with E-state index in [4.69, 9.17) is 14.2 Å². The topological polar surface area (TPSA) is 90.9 Å². The Kier molecular flexibility index (Phi) is 4.30. The van der Waals surface area contributed by atoms with E-state index in [1.165, 1.54) is 0 Å². The highest BCUT2D eigenvalue weighted by atomic mass is 16.6. The van der Waals surface area contributed by atoms with Crippen LogP contribution in [0, 0.1) is 23.7 Å². The van der Waals surface area contributed by atoms with E-state index in [2.05, 4.69) is 5.32 Å². The van der Waals surface area contributed by atoms with Gasteiger partial charge in [0.2, 0.25) is 0 Å². The highest BCUT2D eigenvalue weighted by Gasteiger charge is 2.64. The van der Waals surface area contributed by atoms with Crippen LogP contribution in [-0.4, -0.2) is 37.2 Å². The van der Waals surface area contributed by atoms with Crippen molar-refractivity contribution in [1.82, 2.24) is 0 Å². The molecule has 1 saturated heterocycles. The van der Waals surface area contributed by atoms with Crippen molar-refractivity contribution in [3.63, 3.8) is 0 Å². The molecule has 2 saturated carbocycles. The molecule has 1 amide bonds. The first kappa shape index (κ1) is 16.9. The van der Waals surface area contributed by atoms with E-state index in [0.717, 1.165) is 18.6 Å². The lowest BCUT2D eigenvalue weighted by Gasteiger charge is -2.22. The molecular formula is C19H21NO6. The van der Waals surface area contributed by atoms with Crippen LogP contribution in [0.15, 0.2) is 24.3 Å². The van der Waals surface area contributed by atoms with Crippen molar-refractivity contribution < 1.29 is 28.6 Å². The fourth-order valence-corrected chi connectivity index (χ4v) is 4.56. The summed E-state index contributed by atoms with van der Waals surface area (Å²) in [5.74, 6) is -1.05. The van der Waals surface area contributed by atoms with Crippen molar-refractivity contribution in [1.29, 1.82) is 0 Å². The molecule has 7 nitrogen and oxygen atoms in total. The van der Waals surface area contributed by atoms with Gasteiger partial charge < -0.3 is 19.5 Å². The number of nitrogens with one attached hydrogen (secondary N) is 1. The minimum atomic E-state index is -0.471. The average Bonchev–Trinajstić information content (AvgIpc) is 3.24. The maximum absolute atomic E-state index is 12.4. The van der Waals surface area contributed by atoms with E-state index < -0.39 is 17.8 Å². The fraction of sp³-hybridized carbons (Fsp3) is 0.526. The Morgan fingerprint density at radius 1 is 1.23 bits per heavy atom. The number of esters is 2. The number of amides is 1. The minimum Gasteiger partial charge on any atom is -0.494 e. The number of benzene rings is 1. The van der Waals surface area contributed by atoms with Gasteiger partial charge in [0, 0.05) is 11.6 Å². The normalized spacial score (nSPS) is 30.8. The Morgan fingerprint density at radius 3 is 2.73 bits per heavy atom. The Morgan fingerprint density at radius 2 is 2.00 bits per heavy atom. The number of hydrogen-bond donors (Lipinski definition) is 1. The summed E-state index contributed by atoms with van der Waals surface area (Å²) in [6, 6.07) is 6.94. The molecule has 7 heteroatoms. The fourth-order valence-electron chi connectivity index (χ4n) is 4.56. The smallest absolute Gasteiger partial charge is 0.310 e. The summed E-state index contributed by atoms with van der Waals surface area (Å²) < 4.78 is 15.8. The number of hydrogen-bond acceptors (Lipinski definition) is 6. The van der Waals surface area contributed by atoms with E-state index in [9.17, 15) is 14.4 Å². The van der Waals surface area contributed by atoms with Crippen LogP contribution in [0.2, 0.25) is 0 Å². The van der Waals surface area contributed by atoms with E-state index in [1.807, 2.05) is 6.92 Å². The molecule has 0 aromatic heterocycles. The number of carbonyl (C=O) groups excluding carboxylic acids is 3. The Hall–Kier alpha value is -2.57. The van der Waals surface area contributed by atoms with Crippen LogP contribution in [0.5, 0.6) is 5.75 Å². The average molecular weight is 359 g/mol. The van der Waals surface area contributed by atoms with Gasteiger partial charge in [-0.1, -0.05) is 0 Å². The van der Waals surface area contributed by atoms with Crippen LogP contribution in [0.3, 0.4) is 0 Å². The molecule has 1 aliphatic heterocycles. The van der Waals surface area contributed by atoms with Gasteiger partial charge in [-0.3, -0.25) is 14.4 Å². The lowest BCUT2D eigenvalue weighted by Crippen LogP contribution is -2.34.